The fraction of sp³-hybridized carbons (Fsp3) is 0.0833. The topological polar surface area (TPSA) is 67.0 Å². The number of amides is 1. The highest BCUT2D eigenvalue weighted by atomic mass is 16.5. The highest BCUT2D eigenvalue weighted by Gasteiger charge is 2.10. The van der Waals surface area contributed by atoms with Gasteiger partial charge in [0.05, 0.1) is 5.69 Å². The molecule has 0 atom stereocenters. The van der Waals surface area contributed by atoms with E-state index in [1.54, 1.807) is 6.07 Å². The molecular formula is C24H21N3O2. The first kappa shape index (κ1) is 18.5. The number of aromatic nitrogens is 2. The number of nitrogens with one attached hydrogen (secondary N) is 2. The molecule has 4 rings (SSSR count). The lowest BCUT2D eigenvalue weighted by molar-refractivity contribution is 0.0946. The van der Waals surface area contributed by atoms with Crippen molar-refractivity contribution in [2.24, 2.45) is 0 Å². The number of rotatable bonds is 7. The summed E-state index contributed by atoms with van der Waals surface area (Å²) >= 11 is 0. The first-order valence-corrected chi connectivity index (χ1v) is 9.42. The Morgan fingerprint density at radius 3 is 2.28 bits per heavy atom. The van der Waals surface area contributed by atoms with Crippen molar-refractivity contribution < 1.29 is 9.53 Å². The second kappa shape index (κ2) is 8.89. The Morgan fingerprint density at radius 1 is 0.862 bits per heavy atom. The van der Waals surface area contributed by atoms with Crippen molar-refractivity contribution in [1.82, 2.24) is 15.5 Å². The molecule has 0 fully saturated rings. The quantitative estimate of drug-likeness (QED) is 0.491. The van der Waals surface area contributed by atoms with Crippen LogP contribution >= 0.6 is 0 Å². The molecule has 0 saturated carbocycles. The number of hydrogen-bond acceptors (Lipinski definition) is 3. The molecule has 3 aromatic carbocycles. The first-order chi connectivity index (χ1) is 14.3. The lowest BCUT2D eigenvalue weighted by Gasteiger charge is -2.08. The standard InChI is InChI=1S/C24H21N3O2/c28-24(23-15-22(26-27-23)20-9-5-2-6-10-20)25-16-18-11-13-21(14-12-18)29-17-19-7-3-1-4-8-19/h1-15H,16-17H2,(H,25,28)(H,26,27). The van der Waals surface area contributed by atoms with Crippen LogP contribution in [0.5, 0.6) is 5.75 Å². The number of aromatic amines is 1. The monoisotopic (exact) mass is 383 g/mol. The van der Waals surface area contributed by atoms with E-state index >= 15 is 0 Å². The molecule has 29 heavy (non-hydrogen) atoms. The molecule has 2 N–H and O–H groups in total. The Hall–Kier alpha value is -3.86. The SMILES string of the molecule is O=C(NCc1ccc(OCc2ccccc2)cc1)c1cc(-c2ccccc2)n[nH]1. The maximum Gasteiger partial charge on any atom is 0.269 e. The number of hydrogen-bond donors (Lipinski definition) is 2. The molecule has 4 aromatic rings. The normalized spacial score (nSPS) is 10.5. The molecule has 1 aromatic heterocycles. The van der Waals surface area contributed by atoms with E-state index in [0.29, 0.717) is 18.8 Å². The zero-order valence-corrected chi connectivity index (χ0v) is 15.8. The Labute approximate surface area is 169 Å². The van der Waals surface area contributed by atoms with E-state index in [1.165, 1.54) is 0 Å². The van der Waals surface area contributed by atoms with Crippen LogP contribution in [-0.2, 0) is 13.2 Å². The van der Waals surface area contributed by atoms with Crippen LogP contribution in [0.4, 0.5) is 0 Å². The molecule has 0 aliphatic heterocycles. The van der Waals surface area contributed by atoms with E-state index in [1.807, 2.05) is 84.9 Å². The van der Waals surface area contributed by atoms with Gasteiger partial charge in [-0.3, -0.25) is 9.89 Å². The minimum absolute atomic E-state index is 0.191. The van der Waals surface area contributed by atoms with Gasteiger partial charge in [-0.05, 0) is 29.3 Å². The molecule has 0 aliphatic carbocycles. The van der Waals surface area contributed by atoms with E-state index in [2.05, 4.69) is 15.5 Å². The molecule has 0 radical (unpaired) electrons. The van der Waals surface area contributed by atoms with Crippen molar-refractivity contribution >= 4 is 5.91 Å². The van der Waals surface area contributed by atoms with Crippen molar-refractivity contribution in [3.05, 3.63) is 108 Å². The van der Waals surface area contributed by atoms with Crippen LogP contribution < -0.4 is 10.1 Å². The van der Waals surface area contributed by atoms with E-state index in [9.17, 15) is 4.79 Å². The van der Waals surface area contributed by atoms with Gasteiger partial charge in [-0.25, -0.2) is 0 Å². The third-order valence-corrected chi connectivity index (χ3v) is 4.52. The summed E-state index contributed by atoms with van der Waals surface area (Å²) in [6, 6.07) is 29.2. The molecule has 5 nitrogen and oxygen atoms in total. The third kappa shape index (κ3) is 4.90. The van der Waals surface area contributed by atoms with Gasteiger partial charge in [-0.15, -0.1) is 0 Å². The lowest BCUT2D eigenvalue weighted by Crippen LogP contribution is -2.23. The van der Waals surface area contributed by atoms with Crippen LogP contribution in [0.25, 0.3) is 11.3 Å². The molecular weight excluding hydrogens is 362 g/mol. The number of ether oxygens (including phenoxy) is 1. The average molecular weight is 383 g/mol. The Balaban J connectivity index is 1.30. The van der Waals surface area contributed by atoms with Crippen molar-refractivity contribution in [2.45, 2.75) is 13.2 Å². The van der Waals surface area contributed by atoms with Crippen molar-refractivity contribution in [3.8, 4) is 17.0 Å². The fourth-order valence-electron chi connectivity index (χ4n) is 2.92. The second-order valence-electron chi connectivity index (χ2n) is 6.63. The Bertz CT molecular complexity index is 1060. The number of carbonyl (C=O) groups excluding carboxylic acids is 1. The van der Waals surface area contributed by atoms with E-state index < -0.39 is 0 Å². The summed E-state index contributed by atoms with van der Waals surface area (Å²) in [6.07, 6.45) is 0. The van der Waals surface area contributed by atoms with Gasteiger partial charge in [0.1, 0.15) is 18.1 Å². The third-order valence-electron chi connectivity index (χ3n) is 4.52. The molecule has 1 amide bonds. The van der Waals surface area contributed by atoms with Gasteiger partial charge in [-0.1, -0.05) is 72.8 Å². The molecule has 0 spiro atoms. The van der Waals surface area contributed by atoms with Crippen LogP contribution in [0.3, 0.4) is 0 Å². The summed E-state index contributed by atoms with van der Waals surface area (Å²) in [5.41, 5.74) is 4.27. The molecule has 0 bridgehead atoms. The summed E-state index contributed by atoms with van der Waals surface area (Å²) in [7, 11) is 0. The van der Waals surface area contributed by atoms with Crippen LogP contribution in [0.1, 0.15) is 21.6 Å². The van der Waals surface area contributed by atoms with Gasteiger partial charge < -0.3 is 10.1 Å². The minimum atomic E-state index is -0.191. The minimum Gasteiger partial charge on any atom is -0.489 e. The van der Waals surface area contributed by atoms with Gasteiger partial charge in [0.2, 0.25) is 0 Å². The fourth-order valence-corrected chi connectivity index (χ4v) is 2.92. The highest BCUT2D eigenvalue weighted by molar-refractivity contribution is 5.93. The summed E-state index contributed by atoms with van der Waals surface area (Å²) in [5.74, 6) is 0.606. The molecule has 5 heteroatoms. The number of benzene rings is 3. The number of nitrogens with zero attached hydrogens (tertiary/aromatic N) is 1. The average Bonchev–Trinajstić information content (AvgIpc) is 3.29. The zero-order valence-electron chi connectivity index (χ0n) is 15.8. The Kier molecular flexibility index (Phi) is 5.67. The van der Waals surface area contributed by atoms with E-state index in [0.717, 1.165) is 28.1 Å². The Morgan fingerprint density at radius 2 is 1.55 bits per heavy atom. The summed E-state index contributed by atoms with van der Waals surface area (Å²) in [6.45, 7) is 0.956. The summed E-state index contributed by atoms with van der Waals surface area (Å²) < 4.78 is 5.79. The first-order valence-electron chi connectivity index (χ1n) is 9.42. The summed E-state index contributed by atoms with van der Waals surface area (Å²) in [5, 5.41) is 9.92. The van der Waals surface area contributed by atoms with Crippen LogP contribution in [0.2, 0.25) is 0 Å². The smallest absolute Gasteiger partial charge is 0.269 e. The van der Waals surface area contributed by atoms with Crippen LogP contribution in [0.15, 0.2) is 91.0 Å². The highest BCUT2D eigenvalue weighted by Crippen LogP contribution is 2.17. The van der Waals surface area contributed by atoms with Gasteiger partial charge >= 0.3 is 0 Å². The van der Waals surface area contributed by atoms with Gasteiger partial charge in [0.25, 0.3) is 5.91 Å². The van der Waals surface area contributed by atoms with Crippen molar-refractivity contribution in [3.63, 3.8) is 0 Å². The predicted molar refractivity (Wildman–Crippen MR) is 112 cm³/mol. The predicted octanol–water partition coefficient (Wildman–Crippen LogP) is 4.59. The van der Waals surface area contributed by atoms with Crippen LogP contribution in [-0.4, -0.2) is 16.1 Å². The number of H-pyrrole nitrogens is 1. The van der Waals surface area contributed by atoms with Crippen LogP contribution in [0, 0.1) is 0 Å². The maximum absolute atomic E-state index is 12.4. The summed E-state index contributed by atoms with van der Waals surface area (Å²) in [4.78, 5) is 12.4. The molecule has 144 valence electrons. The van der Waals surface area contributed by atoms with E-state index in [-0.39, 0.29) is 5.91 Å². The second-order valence-corrected chi connectivity index (χ2v) is 6.63. The largest absolute Gasteiger partial charge is 0.489 e. The van der Waals surface area contributed by atoms with Crippen molar-refractivity contribution in [2.75, 3.05) is 0 Å². The molecule has 1 heterocycles. The lowest BCUT2D eigenvalue weighted by atomic mass is 10.1. The zero-order chi connectivity index (χ0) is 19.9. The molecule has 0 aliphatic rings. The molecule has 0 saturated heterocycles. The van der Waals surface area contributed by atoms with Gasteiger partial charge in [0, 0.05) is 12.1 Å². The van der Waals surface area contributed by atoms with Gasteiger partial charge in [-0.2, -0.15) is 5.10 Å². The maximum atomic E-state index is 12.4. The van der Waals surface area contributed by atoms with E-state index in [4.69, 9.17) is 4.74 Å². The number of carbonyl (C=O) groups is 1. The molecule has 0 unspecified atom stereocenters. The van der Waals surface area contributed by atoms with Crippen molar-refractivity contribution in [1.29, 1.82) is 0 Å². The van der Waals surface area contributed by atoms with Gasteiger partial charge in [0.15, 0.2) is 0 Å².